The highest BCUT2D eigenvalue weighted by atomic mass is 19.1. The molecule has 2 rings (SSSR count). The lowest BCUT2D eigenvalue weighted by Gasteiger charge is -2.25. The molecule has 1 aromatic heterocycles. The van der Waals surface area contributed by atoms with Gasteiger partial charge in [-0.2, -0.15) is 5.10 Å². The zero-order valence-electron chi connectivity index (χ0n) is 12.7. The van der Waals surface area contributed by atoms with E-state index in [2.05, 4.69) is 23.0 Å². The van der Waals surface area contributed by atoms with Crippen LogP contribution in [0, 0.1) is 12.7 Å². The summed E-state index contributed by atoms with van der Waals surface area (Å²) in [5, 5.41) is 4.46. The molecule has 0 aliphatic heterocycles. The molecular weight excluding hydrogens is 267 g/mol. The summed E-state index contributed by atoms with van der Waals surface area (Å²) >= 11 is 0. The fraction of sp³-hybridized carbons (Fsp3) is 0.438. The lowest BCUT2D eigenvalue weighted by atomic mass is 10.2. The van der Waals surface area contributed by atoms with Crippen molar-refractivity contribution in [2.75, 3.05) is 18.0 Å². The van der Waals surface area contributed by atoms with Gasteiger partial charge in [-0.3, -0.25) is 4.68 Å². The van der Waals surface area contributed by atoms with Crippen LogP contribution in [0.25, 0.3) is 0 Å². The SMILES string of the molecule is CCn1nc(C)cc1CN(CCCN)c1cccc(F)c1. The van der Waals surface area contributed by atoms with Gasteiger partial charge in [0, 0.05) is 18.8 Å². The molecule has 0 spiro atoms. The molecule has 0 aliphatic rings. The van der Waals surface area contributed by atoms with E-state index in [1.807, 2.05) is 17.7 Å². The lowest BCUT2D eigenvalue weighted by molar-refractivity contribution is 0.599. The van der Waals surface area contributed by atoms with Crippen molar-refractivity contribution in [1.29, 1.82) is 0 Å². The molecule has 2 N–H and O–H groups in total. The first-order valence-corrected chi connectivity index (χ1v) is 7.38. The molecule has 21 heavy (non-hydrogen) atoms. The van der Waals surface area contributed by atoms with Crippen molar-refractivity contribution in [2.24, 2.45) is 5.73 Å². The second-order valence-electron chi connectivity index (χ2n) is 5.14. The third-order valence-electron chi connectivity index (χ3n) is 3.44. The van der Waals surface area contributed by atoms with Crippen molar-refractivity contribution in [2.45, 2.75) is 33.4 Å². The highest BCUT2D eigenvalue weighted by Gasteiger charge is 2.12. The minimum atomic E-state index is -0.217. The third kappa shape index (κ3) is 4.04. The molecule has 0 unspecified atom stereocenters. The maximum Gasteiger partial charge on any atom is 0.125 e. The van der Waals surface area contributed by atoms with Crippen LogP contribution >= 0.6 is 0 Å². The van der Waals surface area contributed by atoms with Crippen LogP contribution in [0.4, 0.5) is 10.1 Å². The maximum atomic E-state index is 13.5. The summed E-state index contributed by atoms with van der Waals surface area (Å²) in [6.45, 7) is 7.02. The summed E-state index contributed by atoms with van der Waals surface area (Å²) in [5.74, 6) is -0.217. The Morgan fingerprint density at radius 1 is 1.33 bits per heavy atom. The van der Waals surface area contributed by atoms with Crippen LogP contribution in [0.1, 0.15) is 24.7 Å². The number of nitrogens with zero attached hydrogens (tertiary/aromatic N) is 3. The topological polar surface area (TPSA) is 47.1 Å². The molecule has 0 atom stereocenters. The summed E-state index contributed by atoms with van der Waals surface area (Å²) in [6, 6.07) is 8.78. The van der Waals surface area contributed by atoms with Crippen molar-refractivity contribution in [3.05, 3.63) is 47.5 Å². The molecule has 4 nitrogen and oxygen atoms in total. The fourth-order valence-electron chi connectivity index (χ4n) is 2.45. The van der Waals surface area contributed by atoms with Crippen molar-refractivity contribution >= 4 is 5.69 Å². The third-order valence-corrected chi connectivity index (χ3v) is 3.44. The van der Waals surface area contributed by atoms with Crippen molar-refractivity contribution in [3.63, 3.8) is 0 Å². The van der Waals surface area contributed by atoms with Gasteiger partial charge in [0.05, 0.1) is 17.9 Å². The van der Waals surface area contributed by atoms with Crippen LogP contribution in [0.3, 0.4) is 0 Å². The summed E-state index contributed by atoms with van der Waals surface area (Å²) in [7, 11) is 0. The lowest BCUT2D eigenvalue weighted by Crippen LogP contribution is -2.27. The molecule has 0 aliphatic carbocycles. The van der Waals surface area contributed by atoms with Crippen molar-refractivity contribution < 1.29 is 4.39 Å². The molecule has 0 bridgehead atoms. The van der Waals surface area contributed by atoms with Crippen LogP contribution in [0.2, 0.25) is 0 Å². The zero-order valence-corrected chi connectivity index (χ0v) is 12.7. The minimum absolute atomic E-state index is 0.217. The van der Waals surface area contributed by atoms with Gasteiger partial charge < -0.3 is 10.6 Å². The molecule has 2 aromatic rings. The largest absolute Gasteiger partial charge is 0.366 e. The highest BCUT2D eigenvalue weighted by molar-refractivity contribution is 5.46. The number of rotatable bonds is 7. The van der Waals surface area contributed by atoms with Crippen LogP contribution in [0.5, 0.6) is 0 Å². The number of nitrogens with two attached hydrogens (primary N) is 1. The number of aromatic nitrogens is 2. The Hall–Kier alpha value is -1.88. The van der Waals surface area contributed by atoms with Gasteiger partial charge in [0.25, 0.3) is 0 Å². The Balaban J connectivity index is 2.23. The normalized spacial score (nSPS) is 10.9. The number of halogens is 1. The first-order valence-electron chi connectivity index (χ1n) is 7.38. The first-order chi connectivity index (χ1) is 10.1. The van der Waals surface area contributed by atoms with Gasteiger partial charge in [-0.15, -0.1) is 0 Å². The fourth-order valence-corrected chi connectivity index (χ4v) is 2.45. The number of anilines is 1. The van der Waals surface area contributed by atoms with Crippen LogP contribution in [-0.4, -0.2) is 22.9 Å². The molecule has 0 fully saturated rings. The first kappa shape index (κ1) is 15.5. The Morgan fingerprint density at radius 2 is 2.14 bits per heavy atom. The van der Waals surface area contributed by atoms with E-state index >= 15 is 0 Å². The van der Waals surface area contributed by atoms with E-state index in [4.69, 9.17) is 5.73 Å². The Bertz CT molecular complexity index is 579. The Labute approximate surface area is 125 Å². The summed E-state index contributed by atoms with van der Waals surface area (Å²) in [4.78, 5) is 2.15. The summed E-state index contributed by atoms with van der Waals surface area (Å²) < 4.78 is 15.5. The predicted molar refractivity (Wildman–Crippen MR) is 83.8 cm³/mol. The number of hydrogen-bond acceptors (Lipinski definition) is 3. The van der Waals surface area contributed by atoms with Gasteiger partial charge in [-0.1, -0.05) is 6.07 Å². The van der Waals surface area contributed by atoms with Crippen LogP contribution in [-0.2, 0) is 13.1 Å². The van der Waals surface area contributed by atoms with Crippen LogP contribution < -0.4 is 10.6 Å². The van der Waals surface area contributed by atoms with Crippen molar-refractivity contribution in [3.8, 4) is 0 Å². The van der Waals surface area contributed by atoms with Gasteiger partial charge in [-0.05, 0) is 51.1 Å². The minimum Gasteiger partial charge on any atom is -0.366 e. The second kappa shape index (κ2) is 7.22. The average Bonchev–Trinajstić information content (AvgIpc) is 2.83. The smallest absolute Gasteiger partial charge is 0.125 e. The summed E-state index contributed by atoms with van der Waals surface area (Å²) in [5.41, 5.74) is 8.64. The Kier molecular flexibility index (Phi) is 5.33. The molecule has 1 aromatic carbocycles. The van der Waals surface area contributed by atoms with Gasteiger partial charge in [-0.25, -0.2) is 4.39 Å². The second-order valence-corrected chi connectivity index (χ2v) is 5.14. The van der Waals surface area contributed by atoms with E-state index in [-0.39, 0.29) is 5.82 Å². The van der Waals surface area contributed by atoms with Crippen LogP contribution in [0.15, 0.2) is 30.3 Å². The van der Waals surface area contributed by atoms with E-state index in [1.165, 1.54) is 6.07 Å². The molecular formula is C16H23FN4. The van der Waals surface area contributed by atoms with E-state index in [1.54, 1.807) is 12.1 Å². The molecule has 0 amide bonds. The molecule has 5 heteroatoms. The summed E-state index contributed by atoms with van der Waals surface area (Å²) in [6.07, 6.45) is 0.871. The van der Waals surface area contributed by atoms with E-state index < -0.39 is 0 Å². The van der Waals surface area contributed by atoms with Gasteiger partial charge in [0.1, 0.15) is 5.82 Å². The monoisotopic (exact) mass is 290 g/mol. The number of benzene rings is 1. The molecule has 114 valence electrons. The molecule has 0 radical (unpaired) electrons. The average molecular weight is 290 g/mol. The van der Waals surface area contributed by atoms with Gasteiger partial charge >= 0.3 is 0 Å². The van der Waals surface area contributed by atoms with E-state index in [0.717, 1.165) is 36.6 Å². The molecule has 1 heterocycles. The van der Waals surface area contributed by atoms with Crippen molar-refractivity contribution in [1.82, 2.24) is 9.78 Å². The molecule has 0 saturated heterocycles. The predicted octanol–water partition coefficient (Wildman–Crippen LogP) is 2.71. The number of aryl methyl sites for hydroxylation is 2. The van der Waals surface area contributed by atoms with E-state index in [9.17, 15) is 4.39 Å². The molecule has 0 saturated carbocycles. The standard InChI is InChI=1S/C16H23FN4/c1-3-21-16(10-13(2)19-21)12-20(9-5-8-18)15-7-4-6-14(17)11-15/h4,6-7,10-11H,3,5,8-9,12,18H2,1-2H3. The Morgan fingerprint density at radius 3 is 2.81 bits per heavy atom. The van der Waals surface area contributed by atoms with E-state index in [0.29, 0.717) is 13.1 Å². The number of hydrogen-bond donors (Lipinski definition) is 1. The van der Waals surface area contributed by atoms with Gasteiger partial charge in [0.2, 0.25) is 0 Å². The van der Waals surface area contributed by atoms with Gasteiger partial charge in [0.15, 0.2) is 0 Å². The zero-order chi connectivity index (χ0) is 15.2. The maximum absolute atomic E-state index is 13.5. The highest BCUT2D eigenvalue weighted by Crippen LogP contribution is 2.19. The quantitative estimate of drug-likeness (QED) is 0.853.